The molecule has 0 spiro atoms. The van der Waals surface area contributed by atoms with Crippen LogP contribution in [0.25, 0.3) is 11.3 Å². The number of aromatic nitrogens is 1. The smallest absolute Gasteiger partial charge is 0.152 e. The number of alkyl halides is 1. The van der Waals surface area contributed by atoms with Gasteiger partial charge in [-0.05, 0) is 18.6 Å². The number of benzene rings is 1. The monoisotopic (exact) mass is 269 g/mol. The van der Waals surface area contributed by atoms with Crippen LogP contribution in [-0.4, -0.2) is 11.8 Å². The summed E-state index contributed by atoms with van der Waals surface area (Å²) >= 11 is 5.60. The summed E-state index contributed by atoms with van der Waals surface area (Å²) in [6.07, 6.45) is 0.881. The van der Waals surface area contributed by atoms with Gasteiger partial charge >= 0.3 is 0 Å². The molecule has 0 aliphatic rings. The fourth-order valence-electron chi connectivity index (χ4n) is 1.52. The standard InChI is InChI=1S/C13H13ClFNO2/c1-2-5-17-9-3-4-11(12(15)6-9)13-7-10(8-14)18-16-13/h3-4,6-7H,2,5,8H2,1H3. The molecule has 0 radical (unpaired) electrons. The van der Waals surface area contributed by atoms with E-state index in [4.69, 9.17) is 20.9 Å². The molecular weight excluding hydrogens is 257 g/mol. The fraction of sp³-hybridized carbons (Fsp3) is 0.308. The summed E-state index contributed by atoms with van der Waals surface area (Å²) in [6.45, 7) is 2.56. The van der Waals surface area contributed by atoms with Gasteiger partial charge in [-0.1, -0.05) is 12.1 Å². The topological polar surface area (TPSA) is 35.3 Å². The third-order valence-corrected chi connectivity index (χ3v) is 2.64. The highest BCUT2D eigenvalue weighted by Crippen LogP contribution is 2.26. The average Bonchev–Trinajstić information content (AvgIpc) is 2.85. The molecular formula is C13H13ClFNO2. The Morgan fingerprint density at radius 1 is 1.39 bits per heavy atom. The van der Waals surface area contributed by atoms with E-state index in [1.807, 2.05) is 6.92 Å². The number of hydrogen-bond acceptors (Lipinski definition) is 3. The molecule has 1 aromatic carbocycles. The van der Waals surface area contributed by atoms with E-state index >= 15 is 0 Å². The lowest BCUT2D eigenvalue weighted by Gasteiger charge is -2.05. The van der Waals surface area contributed by atoms with E-state index in [1.165, 1.54) is 6.07 Å². The lowest BCUT2D eigenvalue weighted by atomic mass is 10.1. The van der Waals surface area contributed by atoms with E-state index in [0.717, 1.165) is 6.42 Å². The van der Waals surface area contributed by atoms with E-state index < -0.39 is 5.82 Å². The quantitative estimate of drug-likeness (QED) is 0.770. The van der Waals surface area contributed by atoms with Crippen LogP contribution in [0.3, 0.4) is 0 Å². The molecule has 0 unspecified atom stereocenters. The molecule has 96 valence electrons. The second-order valence-corrected chi connectivity index (χ2v) is 4.07. The van der Waals surface area contributed by atoms with Crippen molar-refractivity contribution in [3.05, 3.63) is 35.8 Å². The molecule has 1 heterocycles. The summed E-state index contributed by atoms with van der Waals surface area (Å²) in [5, 5.41) is 3.77. The van der Waals surface area contributed by atoms with Crippen molar-refractivity contribution in [1.29, 1.82) is 0 Å². The second kappa shape index (κ2) is 5.87. The second-order valence-electron chi connectivity index (χ2n) is 3.80. The summed E-state index contributed by atoms with van der Waals surface area (Å²) in [4.78, 5) is 0. The van der Waals surface area contributed by atoms with Crippen LogP contribution in [0.4, 0.5) is 4.39 Å². The van der Waals surface area contributed by atoms with Crippen molar-refractivity contribution in [2.24, 2.45) is 0 Å². The zero-order valence-corrected chi connectivity index (χ0v) is 10.7. The minimum Gasteiger partial charge on any atom is -0.494 e. The Bertz CT molecular complexity index is 527. The van der Waals surface area contributed by atoms with Crippen molar-refractivity contribution >= 4 is 11.6 Å². The molecule has 0 aliphatic heterocycles. The summed E-state index contributed by atoms with van der Waals surface area (Å²) in [5.41, 5.74) is 0.809. The zero-order valence-electron chi connectivity index (χ0n) is 9.95. The first kappa shape index (κ1) is 12.9. The molecule has 3 nitrogen and oxygen atoms in total. The van der Waals surface area contributed by atoms with Crippen LogP contribution in [-0.2, 0) is 5.88 Å². The maximum atomic E-state index is 13.9. The van der Waals surface area contributed by atoms with E-state index in [0.29, 0.717) is 29.4 Å². The normalized spacial score (nSPS) is 10.6. The maximum absolute atomic E-state index is 13.9. The van der Waals surface area contributed by atoms with Crippen molar-refractivity contribution < 1.29 is 13.7 Å². The van der Waals surface area contributed by atoms with Gasteiger partial charge in [-0.2, -0.15) is 0 Å². The molecule has 0 N–H and O–H groups in total. The summed E-state index contributed by atoms with van der Waals surface area (Å²) in [5.74, 6) is 0.848. The van der Waals surface area contributed by atoms with Gasteiger partial charge in [0.25, 0.3) is 0 Å². The lowest BCUT2D eigenvalue weighted by molar-refractivity contribution is 0.316. The third kappa shape index (κ3) is 2.82. The van der Waals surface area contributed by atoms with Gasteiger partial charge in [-0.15, -0.1) is 11.6 Å². The molecule has 0 fully saturated rings. The molecule has 0 amide bonds. The van der Waals surface area contributed by atoms with Crippen molar-refractivity contribution in [2.75, 3.05) is 6.61 Å². The maximum Gasteiger partial charge on any atom is 0.152 e. The number of hydrogen-bond donors (Lipinski definition) is 0. The third-order valence-electron chi connectivity index (χ3n) is 2.38. The number of ether oxygens (including phenoxy) is 1. The molecule has 5 heteroatoms. The molecule has 1 aromatic heterocycles. The highest BCUT2D eigenvalue weighted by atomic mass is 35.5. The Balaban J connectivity index is 2.23. The minimum atomic E-state index is -0.391. The Kier molecular flexibility index (Phi) is 4.20. The van der Waals surface area contributed by atoms with E-state index in [2.05, 4.69) is 5.16 Å². The molecule has 0 saturated heterocycles. The molecule has 0 aliphatic carbocycles. The molecule has 2 rings (SSSR count). The lowest BCUT2D eigenvalue weighted by Crippen LogP contribution is -1.96. The highest BCUT2D eigenvalue weighted by molar-refractivity contribution is 6.16. The Morgan fingerprint density at radius 3 is 2.83 bits per heavy atom. The van der Waals surface area contributed by atoms with Gasteiger partial charge in [-0.25, -0.2) is 4.39 Å². The largest absolute Gasteiger partial charge is 0.494 e. The van der Waals surface area contributed by atoms with E-state index in [1.54, 1.807) is 18.2 Å². The molecule has 0 atom stereocenters. The van der Waals surface area contributed by atoms with Gasteiger partial charge in [0, 0.05) is 17.7 Å². The fourth-order valence-corrected chi connectivity index (χ4v) is 1.64. The zero-order chi connectivity index (χ0) is 13.0. The highest BCUT2D eigenvalue weighted by Gasteiger charge is 2.11. The van der Waals surface area contributed by atoms with Crippen LogP contribution in [0.5, 0.6) is 5.75 Å². The average molecular weight is 270 g/mol. The summed E-state index contributed by atoms with van der Waals surface area (Å²) in [6, 6.07) is 6.30. The van der Waals surface area contributed by atoms with Crippen LogP contribution in [0.15, 0.2) is 28.8 Å². The van der Waals surface area contributed by atoms with Gasteiger partial charge in [0.1, 0.15) is 17.3 Å². The predicted molar refractivity (Wildman–Crippen MR) is 67.2 cm³/mol. The Labute approximate surface area is 109 Å². The van der Waals surface area contributed by atoms with Crippen LogP contribution in [0.2, 0.25) is 0 Å². The van der Waals surface area contributed by atoms with Crippen LogP contribution in [0, 0.1) is 5.82 Å². The molecule has 0 bridgehead atoms. The number of nitrogens with zero attached hydrogens (tertiary/aromatic N) is 1. The van der Waals surface area contributed by atoms with Gasteiger partial charge in [0.05, 0.1) is 12.5 Å². The van der Waals surface area contributed by atoms with Gasteiger partial charge in [-0.3, -0.25) is 0 Å². The van der Waals surface area contributed by atoms with Crippen molar-refractivity contribution in [1.82, 2.24) is 5.16 Å². The molecule has 0 saturated carbocycles. The van der Waals surface area contributed by atoms with Crippen molar-refractivity contribution in [3.63, 3.8) is 0 Å². The van der Waals surface area contributed by atoms with E-state index in [9.17, 15) is 4.39 Å². The summed E-state index contributed by atoms with van der Waals surface area (Å²) in [7, 11) is 0. The number of halogens is 2. The first-order chi connectivity index (χ1) is 8.74. The van der Waals surface area contributed by atoms with Gasteiger partial charge in [0.2, 0.25) is 0 Å². The first-order valence-electron chi connectivity index (χ1n) is 5.69. The van der Waals surface area contributed by atoms with Gasteiger partial charge in [0.15, 0.2) is 5.76 Å². The summed E-state index contributed by atoms with van der Waals surface area (Å²) < 4.78 is 24.2. The van der Waals surface area contributed by atoms with Gasteiger partial charge < -0.3 is 9.26 Å². The predicted octanol–water partition coefficient (Wildman–Crippen LogP) is 4.01. The minimum absolute atomic E-state index is 0.215. The van der Waals surface area contributed by atoms with E-state index in [-0.39, 0.29) is 5.88 Å². The SMILES string of the molecule is CCCOc1ccc(-c2cc(CCl)on2)c(F)c1. The van der Waals surface area contributed by atoms with Crippen LogP contribution in [0.1, 0.15) is 19.1 Å². The van der Waals surface area contributed by atoms with Crippen LogP contribution < -0.4 is 4.74 Å². The molecule has 18 heavy (non-hydrogen) atoms. The molecule has 2 aromatic rings. The first-order valence-corrected chi connectivity index (χ1v) is 6.22. The van der Waals surface area contributed by atoms with Crippen LogP contribution >= 0.6 is 11.6 Å². The Morgan fingerprint density at radius 2 is 2.22 bits per heavy atom. The van der Waals surface area contributed by atoms with Crippen molar-refractivity contribution in [3.8, 4) is 17.0 Å². The van der Waals surface area contributed by atoms with Crippen molar-refractivity contribution in [2.45, 2.75) is 19.2 Å². The Hall–Kier alpha value is -1.55. The number of rotatable bonds is 5.